The fraction of sp³-hybridized carbons (Fsp3) is 0.583. The summed E-state index contributed by atoms with van der Waals surface area (Å²) in [6.45, 7) is 2.10. The molecule has 1 unspecified atom stereocenters. The molecule has 1 atom stereocenters. The monoisotopic (exact) mass is 398 g/mol. The molecule has 0 amide bonds. The van der Waals surface area contributed by atoms with Gasteiger partial charge in [0.05, 0.1) is 13.2 Å². The molecule has 1 aromatic rings. The molecule has 21 heavy (non-hydrogen) atoms. The van der Waals surface area contributed by atoms with E-state index in [4.69, 9.17) is 9.29 Å². The number of hydrogen-bond acceptors (Lipinski definition) is 6. The molecule has 0 saturated heterocycles. The van der Waals surface area contributed by atoms with E-state index in [0.29, 0.717) is 19.0 Å². The van der Waals surface area contributed by atoms with Crippen molar-refractivity contribution in [2.45, 2.75) is 19.3 Å². The molecular formula is C12H19BrN2O4S2. The van der Waals surface area contributed by atoms with Crippen molar-refractivity contribution >= 4 is 36.2 Å². The van der Waals surface area contributed by atoms with E-state index in [-0.39, 0.29) is 6.61 Å². The van der Waals surface area contributed by atoms with Crippen LogP contribution >= 0.6 is 15.9 Å². The number of rotatable bonds is 11. The summed E-state index contributed by atoms with van der Waals surface area (Å²) in [7, 11) is -3.49. The number of halogens is 1. The van der Waals surface area contributed by atoms with E-state index in [1.807, 2.05) is 18.2 Å². The van der Waals surface area contributed by atoms with Crippen LogP contribution < -0.4 is 10.1 Å². The molecule has 0 aliphatic carbocycles. The van der Waals surface area contributed by atoms with E-state index < -0.39 is 9.05 Å². The Morgan fingerprint density at radius 1 is 1.29 bits per heavy atom. The van der Waals surface area contributed by atoms with Gasteiger partial charge in [-0.25, -0.2) is 4.98 Å². The van der Waals surface area contributed by atoms with Crippen LogP contribution in [0.4, 0.5) is 0 Å². The Labute approximate surface area is 138 Å². The third-order valence-corrected chi connectivity index (χ3v) is 3.64. The van der Waals surface area contributed by atoms with Crippen molar-refractivity contribution in [2.75, 3.05) is 26.3 Å². The van der Waals surface area contributed by atoms with Gasteiger partial charge in [-0.1, -0.05) is 6.07 Å². The third-order valence-electron chi connectivity index (χ3n) is 2.45. The zero-order valence-corrected chi connectivity index (χ0v) is 14.7. The quantitative estimate of drug-likeness (QED) is 0.436. The predicted molar refractivity (Wildman–Crippen MR) is 88.2 cm³/mol. The van der Waals surface area contributed by atoms with Gasteiger partial charge in [-0.05, 0) is 47.8 Å². The number of aromatic nitrogens is 1. The highest BCUT2D eigenvalue weighted by atomic mass is 79.9. The van der Waals surface area contributed by atoms with Gasteiger partial charge in [-0.15, -0.1) is 0 Å². The van der Waals surface area contributed by atoms with Gasteiger partial charge < -0.3 is 10.1 Å². The number of nitrogens with one attached hydrogen (secondary N) is 1. The Hall–Kier alpha value is -0.320. The first-order chi connectivity index (χ1) is 9.97. The maximum atomic E-state index is 10.6. The summed E-state index contributed by atoms with van der Waals surface area (Å²) in [6.07, 6.45) is 2.97. The topological polar surface area (TPSA) is 80.7 Å². The van der Waals surface area contributed by atoms with Crippen molar-refractivity contribution in [2.24, 2.45) is 0 Å². The second kappa shape index (κ2) is 10.4. The second-order valence-corrected chi connectivity index (χ2v) is 7.37. The van der Waals surface area contributed by atoms with E-state index in [0.717, 1.165) is 30.4 Å². The van der Waals surface area contributed by atoms with E-state index in [1.54, 1.807) is 0 Å². The minimum atomic E-state index is -3.49. The van der Waals surface area contributed by atoms with Crippen LogP contribution in [0, 0.1) is 0 Å². The van der Waals surface area contributed by atoms with Crippen LogP contribution in [0.2, 0.25) is 0 Å². The highest BCUT2D eigenvalue weighted by Gasteiger charge is 1.99. The molecule has 1 heterocycles. The second-order valence-electron chi connectivity index (χ2n) is 4.21. The first-order valence-electron chi connectivity index (χ1n) is 6.55. The maximum Gasteiger partial charge on any atom is 0.266 e. The third kappa shape index (κ3) is 11.0. The molecule has 0 saturated carbocycles. The van der Waals surface area contributed by atoms with Crippen LogP contribution in [0.1, 0.15) is 19.3 Å². The van der Waals surface area contributed by atoms with E-state index in [2.05, 4.69) is 41.6 Å². The van der Waals surface area contributed by atoms with Gasteiger partial charge in [0.25, 0.3) is 9.05 Å². The van der Waals surface area contributed by atoms with Crippen molar-refractivity contribution in [3.63, 3.8) is 0 Å². The average Bonchev–Trinajstić information content (AvgIpc) is 2.40. The fourth-order valence-corrected chi connectivity index (χ4v) is 2.35. The molecule has 0 aliphatic rings. The Balaban J connectivity index is 1.91. The summed E-state index contributed by atoms with van der Waals surface area (Å²) in [6, 6.07) is 5.56. The lowest BCUT2D eigenvalue weighted by Gasteiger charge is -2.06. The average molecular weight is 399 g/mol. The standard InChI is InChI=1S/C12H19BrN2O4S2/c13-11-5-4-6-12(15-11)18-9-3-1-2-7-14-8-10-19-21(16,17)20/h4-6,14H,1-3,7-10H2,(H,16,17,20). The minimum absolute atomic E-state index is 0.135. The Bertz CT molecular complexity index is 514. The summed E-state index contributed by atoms with van der Waals surface area (Å²) < 4.78 is 30.1. The smallest absolute Gasteiger partial charge is 0.266 e. The number of ether oxygens (including phenoxy) is 1. The largest absolute Gasteiger partial charge is 0.478 e. The number of hydrogen-bond donors (Lipinski definition) is 2. The van der Waals surface area contributed by atoms with Crippen LogP contribution in [-0.2, 0) is 24.4 Å². The lowest BCUT2D eigenvalue weighted by molar-refractivity contribution is 0.290. The highest BCUT2D eigenvalue weighted by Crippen LogP contribution is 2.12. The summed E-state index contributed by atoms with van der Waals surface area (Å²) in [5, 5.41) is 3.11. The molecule has 9 heteroatoms. The zero-order valence-electron chi connectivity index (χ0n) is 11.5. The van der Waals surface area contributed by atoms with Crippen LogP contribution in [0.3, 0.4) is 0 Å². The van der Waals surface area contributed by atoms with Crippen molar-refractivity contribution in [1.29, 1.82) is 0 Å². The first-order valence-corrected chi connectivity index (χ1v) is 9.71. The van der Waals surface area contributed by atoms with Gasteiger partial charge in [-0.3, -0.25) is 8.74 Å². The molecule has 2 N–H and O–H groups in total. The molecule has 0 radical (unpaired) electrons. The normalized spacial score (nSPS) is 13.8. The SMILES string of the molecule is O=S(O)(=S)OCCNCCCCCOc1cccc(Br)n1. The molecule has 0 aliphatic heterocycles. The number of pyridine rings is 1. The lowest BCUT2D eigenvalue weighted by Crippen LogP contribution is -2.22. The molecule has 0 fully saturated rings. The maximum absolute atomic E-state index is 10.6. The number of unbranched alkanes of at least 4 members (excludes halogenated alkanes) is 2. The first kappa shape index (κ1) is 18.7. The fourth-order valence-electron chi connectivity index (χ4n) is 1.52. The molecule has 0 aromatic carbocycles. The van der Waals surface area contributed by atoms with Crippen LogP contribution in [0.15, 0.2) is 22.8 Å². The van der Waals surface area contributed by atoms with Gasteiger partial charge in [0.1, 0.15) is 4.60 Å². The van der Waals surface area contributed by atoms with Gasteiger partial charge >= 0.3 is 0 Å². The molecule has 6 nitrogen and oxygen atoms in total. The van der Waals surface area contributed by atoms with Crippen LogP contribution in [-0.4, -0.2) is 40.0 Å². The Morgan fingerprint density at radius 2 is 2.10 bits per heavy atom. The summed E-state index contributed by atoms with van der Waals surface area (Å²) >= 11 is 7.48. The van der Waals surface area contributed by atoms with E-state index in [1.165, 1.54) is 0 Å². The van der Waals surface area contributed by atoms with E-state index in [9.17, 15) is 4.21 Å². The van der Waals surface area contributed by atoms with Crippen molar-refractivity contribution in [3.05, 3.63) is 22.8 Å². The summed E-state index contributed by atoms with van der Waals surface area (Å²) in [4.78, 5) is 4.18. The molecule has 1 aromatic heterocycles. The van der Waals surface area contributed by atoms with Crippen LogP contribution in [0.25, 0.3) is 0 Å². The predicted octanol–water partition coefficient (Wildman–Crippen LogP) is 2.13. The molecule has 0 bridgehead atoms. The Kier molecular flexibility index (Phi) is 9.29. The molecular weight excluding hydrogens is 380 g/mol. The highest BCUT2D eigenvalue weighted by molar-refractivity contribution is 9.10. The summed E-state index contributed by atoms with van der Waals surface area (Å²) in [5.41, 5.74) is 0. The van der Waals surface area contributed by atoms with Crippen molar-refractivity contribution in [1.82, 2.24) is 10.3 Å². The van der Waals surface area contributed by atoms with Crippen LogP contribution in [0.5, 0.6) is 5.88 Å². The number of nitrogens with zero attached hydrogens (tertiary/aromatic N) is 1. The van der Waals surface area contributed by atoms with Gasteiger partial charge in [0, 0.05) is 23.8 Å². The van der Waals surface area contributed by atoms with Crippen molar-refractivity contribution < 1.29 is 17.7 Å². The van der Waals surface area contributed by atoms with E-state index >= 15 is 0 Å². The van der Waals surface area contributed by atoms with Gasteiger partial charge in [0.2, 0.25) is 5.88 Å². The zero-order chi connectivity index (χ0) is 15.6. The van der Waals surface area contributed by atoms with Crippen molar-refractivity contribution in [3.8, 4) is 5.88 Å². The summed E-state index contributed by atoms with van der Waals surface area (Å²) in [5.74, 6) is 0.621. The Morgan fingerprint density at radius 3 is 2.81 bits per heavy atom. The minimum Gasteiger partial charge on any atom is -0.478 e. The van der Waals surface area contributed by atoms with Gasteiger partial charge in [0.15, 0.2) is 0 Å². The lowest BCUT2D eigenvalue weighted by atomic mass is 10.2. The van der Waals surface area contributed by atoms with Gasteiger partial charge in [-0.2, -0.15) is 4.21 Å². The molecule has 120 valence electrons. The molecule has 1 rings (SSSR count). The molecule has 0 spiro atoms.